The molecule has 0 aliphatic heterocycles. The number of methoxy groups -OCH3 is 1. The first kappa shape index (κ1) is 13.0. The summed E-state index contributed by atoms with van der Waals surface area (Å²) in [4.78, 5) is 22.0. The van der Waals surface area contributed by atoms with Crippen LogP contribution in [0, 0.1) is 5.82 Å². The van der Waals surface area contributed by atoms with Crippen LogP contribution in [0.4, 0.5) is 4.39 Å². The highest BCUT2D eigenvalue weighted by Gasteiger charge is 2.18. The molecule has 0 bridgehead atoms. The minimum atomic E-state index is -1.19. The molecule has 0 saturated heterocycles. The second-order valence-corrected chi connectivity index (χ2v) is 3.38. The van der Waals surface area contributed by atoms with E-state index in [9.17, 15) is 14.0 Å². The molecule has 0 heterocycles. The number of halogens is 1. The Kier molecular flexibility index (Phi) is 4.03. The Labute approximate surface area is 97.2 Å². The molecule has 92 valence electrons. The van der Waals surface area contributed by atoms with Crippen LogP contribution in [0.3, 0.4) is 0 Å². The maximum atomic E-state index is 13.5. The summed E-state index contributed by atoms with van der Waals surface area (Å²) in [7, 11) is 1.38. The number of rotatable bonds is 4. The zero-order chi connectivity index (χ0) is 13.0. The van der Waals surface area contributed by atoms with E-state index in [1.54, 1.807) is 0 Å². The van der Waals surface area contributed by atoms with Crippen molar-refractivity contribution in [3.05, 3.63) is 29.6 Å². The lowest BCUT2D eigenvalue weighted by atomic mass is 10.1. The van der Waals surface area contributed by atoms with E-state index in [4.69, 9.17) is 9.84 Å². The molecular formula is C11H12FNO4. The average molecular weight is 241 g/mol. The van der Waals surface area contributed by atoms with Gasteiger partial charge in [-0.3, -0.25) is 9.59 Å². The van der Waals surface area contributed by atoms with Gasteiger partial charge in [-0.1, -0.05) is 0 Å². The van der Waals surface area contributed by atoms with Gasteiger partial charge in [-0.05, 0) is 19.1 Å². The number of hydrogen-bond donors (Lipinski definition) is 2. The van der Waals surface area contributed by atoms with Gasteiger partial charge >= 0.3 is 5.97 Å². The molecule has 1 amide bonds. The standard InChI is InChI=1S/C11H12FNO4/c1-6(11(15)16)13-10(14)8-4-3-7(17-2)5-9(8)12/h3-6H,1-2H3,(H,13,14)(H,15,16)/t6-/m1/s1. The molecule has 6 heteroatoms. The molecule has 17 heavy (non-hydrogen) atoms. The third-order valence-corrected chi connectivity index (χ3v) is 2.14. The molecule has 1 aromatic rings. The number of nitrogens with one attached hydrogen (secondary N) is 1. The van der Waals surface area contributed by atoms with Gasteiger partial charge in [-0.2, -0.15) is 0 Å². The molecule has 0 fully saturated rings. The molecule has 5 nitrogen and oxygen atoms in total. The van der Waals surface area contributed by atoms with Gasteiger partial charge in [0.2, 0.25) is 0 Å². The number of carbonyl (C=O) groups excluding carboxylic acids is 1. The summed E-state index contributed by atoms with van der Waals surface area (Å²) in [6, 6.07) is 2.63. The average Bonchev–Trinajstić information content (AvgIpc) is 2.28. The number of ether oxygens (including phenoxy) is 1. The molecule has 0 aromatic heterocycles. The maximum absolute atomic E-state index is 13.5. The van der Waals surface area contributed by atoms with Crippen LogP contribution in [0.5, 0.6) is 5.75 Å². The lowest BCUT2D eigenvalue weighted by Gasteiger charge is -2.10. The molecular weight excluding hydrogens is 229 g/mol. The molecule has 1 rings (SSSR count). The van der Waals surface area contributed by atoms with Gasteiger partial charge in [0, 0.05) is 6.07 Å². The van der Waals surface area contributed by atoms with Crippen molar-refractivity contribution >= 4 is 11.9 Å². The van der Waals surface area contributed by atoms with Crippen LogP contribution >= 0.6 is 0 Å². The molecule has 0 saturated carbocycles. The first-order valence-corrected chi connectivity index (χ1v) is 4.83. The number of carboxylic acids is 1. The summed E-state index contributed by atoms with van der Waals surface area (Å²) in [6.07, 6.45) is 0. The fourth-order valence-electron chi connectivity index (χ4n) is 1.14. The van der Waals surface area contributed by atoms with Crippen LogP contribution < -0.4 is 10.1 Å². The van der Waals surface area contributed by atoms with Crippen molar-refractivity contribution in [1.29, 1.82) is 0 Å². The van der Waals surface area contributed by atoms with E-state index in [2.05, 4.69) is 5.32 Å². The minimum absolute atomic E-state index is 0.223. The molecule has 1 atom stereocenters. The van der Waals surface area contributed by atoms with E-state index in [0.29, 0.717) is 0 Å². The third kappa shape index (κ3) is 3.17. The quantitative estimate of drug-likeness (QED) is 0.825. The fourth-order valence-corrected chi connectivity index (χ4v) is 1.14. The Hall–Kier alpha value is -2.11. The van der Waals surface area contributed by atoms with E-state index in [1.165, 1.54) is 26.2 Å². The van der Waals surface area contributed by atoms with E-state index < -0.39 is 23.7 Å². The predicted molar refractivity (Wildman–Crippen MR) is 57.5 cm³/mol. The summed E-state index contributed by atoms with van der Waals surface area (Å²) < 4.78 is 18.2. The van der Waals surface area contributed by atoms with Gasteiger partial charge in [0.05, 0.1) is 12.7 Å². The van der Waals surface area contributed by atoms with Gasteiger partial charge in [0.1, 0.15) is 17.6 Å². The van der Waals surface area contributed by atoms with E-state index in [-0.39, 0.29) is 11.3 Å². The maximum Gasteiger partial charge on any atom is 0.325 e. The number of amides is 1. The smallest absolute Gasteiger partial charge is 0.325 e. The van der Waals surface area contributed by atoms with Crippen LogP contribution in [0.15, 0.2) is 18.2 Å². The highest BCUT2D eigenvalue weighted by Crippen LogP contribution is 2.16. The Morgan fingerprint density at radius 3 is 2.59 bits per heavy atom. The summed E-state index contributed by atoms with van der Waals surface area (Å²) in [5.41, 5.74) is -0.223. The Morgan fingerprint density at radius 1 is 1.47 bits per heavy atom. The fraction of sp³-hybridized carbons (Fsp3) is 0.273. The molecule has 0 unspecified atom stereocenters. The van der Waals surface area contributed by atoms with Crippen molar-refractivity contribution in [2.45, 2.75) is 13.0 Å². The van der Waals surface area contributed by atoms with Gasteiger partial charge in [0.15, 0.2) is 0 Å². The molecule has 0 aliphatic rings. The zero-order valence-corrected chi connectivity index (χ0v) is 9.36. The molecule has 1 aromatic carbocycles. The third-order valence-electron chi connectivity index (χ3n) is 2.14. The molecule has 0 spiro atoms. The predicted octanol–water partition coefficient (Wildman–Crippen LogP) is 1.04. The SMILES string of the molecule is COc1ccc(C(=O)N[C@H](C)C(=O)O)c(F)c1. The van der Waals surface area contributed by atoms with E-state index in [0.717, 1.165) is 6.07 Å². The highest BCUT2D eigenvalue weighted by molar-refractivity contribution is 5.96. The monoisotopic (exact) mass is 241 g/mol. The zero-order valence-electron chi connectivity index (χ0n) is 9.36. The second kappa shape index (κ2) is 5.29. The first-order chi connectivity index (χ1) is 7.95. The summed E-state index contributed by atoms with van der Waals surface area (Å²) in [5, 5.41) is 10.8. The topological polar surface area (TPSA) is 75.6 Å². The summed E-state index contributed by atoms with van der Waals surface area (Å²) >= 11 is 0. The van der Waals surface area contributed by atoms with Crippen LogP contribution in [-0.4, -0.2) is 30.1 Å². The van der Waals surface area contributed by atoms with E-state index >= 15 is 0 Å². The minimum Gasteiger partial charge on any atom is -0.497 e. The number of carbonyl (C=O) groups is 2. The van der Waals surface area contributed by atoms with Gasteiger partial charge < -0.3 is 15.2 Å². The van der Waals surface area contributed by atoms with Crippen LogP contribution in [-0.2, 0) is 4.79 Å². The lowest BCUT2D eigenvalue weighted by Crippen LogP contribution is -2.38. The van der Waals surface area contributed by atoms with Gasteiger partial charge in [-0.15, -0.1) is 0 Å². The summed E-state index contributed by atoms with van der Waals surface area (Å²) in [5.74, 6) is -2.45. The van der Waals surface area contributed by atoms with Crippen LogP contribution in [0.2, 0.25) is 0 Å². The molecule has 0 aliphatic carbocycles. The molecule has 2 N–H and O–H groups in total. The number of benzene rings is 1. The van der Waals surface area contributed by atoms with Crippen molar-refractivity contribution in [2.24, 2.45) is 0 Å². The number of carboxylic acid groups (broad SMARTS) is 1. The van der Waals surface area contributed by atoms with Gasteiger partial charge in [0.25, 0.3) is 5.91 Å². The van der Waals surface area contributed by atoms with E-state index in [1.807, 2.05) is 0 Å². The van der Waals surface area contributed by atoms with Crippen molar-refractivity contribution in [3.8, 4) is 5.75 Å². The van der Waals surface area contributed by atoms with Crippen molar-refractivity contribution in [3.63, 3.8) is 0 Å². The highest BCUT2D eigenvalue weighted by atomic mass is 19.1. The number of hydrogen-bond acceptors (Lipinski definition) is 3. The lowest BCUT2D eigenvalue weighted by molar-refractivity contribution is -0.138. The Bertz CT molecular complexity index is 447. The first-order valence-electron chi connectivity index (χ1n) is 4.83. The number of aliphatic carboxylic acids is 1. The van der Waals surface area contributed by atoms with Crippen LogP contribution in [0.1, 0.15) is 17.3 Å². The van der Waals surface area contributed by atoms with Crippen molar-refractivity contribution < 1.29 is 23.8 Å². The second-order valence-electron chi connectivity index (χ2n) is 3.38. The Morgan fingerprint density at radius 2 is 2.12 bits per heavy atom. The molecule has 0 radical (unpaired) electrons. The Balaban J connectivity index is 2.86. The summed E-state index contributed by atoms with van der Waals surface area (Å²) in [6.45, 7) is 1.29. The van der Waals surface area contributed by atoms with Crippen molar-refractivity contribution in [2.75, 3.05) is 7.11 Å². The van der Waals surface area contributed by atoms with Gasteiger partial charge in [-0.25, -0.2) is 4.39 Å². The largest absolute Gasteiger partial charge is 0.497 e. The van der Waals surface area contributed by atoms with Crippen LogP contribution in [0.25, 0.3) is 0 Å². The normalized spacial score (nSPS) is 11.7. The van der Waals surface area contributed by atoms with Crippen molar-refractivity contribution in [1.82, 2.24) is 5.32 Å².